The van der Waals surface area contributed by atoms with Crippen molar-refractivity contribution in [2.75, 3.05) is 0 Å². The first-order valence-electron chi connectivity index (χ1n) is 4.59. The molecule has 0 spiro atoms. The Kier molecular flexibility index (Phi) is 5.22. The lowest BCUT2D eigenvalue weighted by molar-refractivity contribution is -0.473. The molecule has 0 rings (SSSR count). The molecule has 0 aliphatic rings. The van der Waals surface area contributed by atoms with Crippen LogP contribution in [-0.4, -0.2) is 42.6 Å². The highest BCUT2D eigenvalue weighted by atomic mass is 19.4. The van der Waals surface area contributed by atoms with Gasteiger partial charge in [-0.2, -0.15) is 61.5 Å². The molecule has 0 aromatic carbocycles. The van der Waals surface area contributed by atoms with Crippen LogP contribution in [0.3, 0.4) is 0 Å². The molecule has 0 aromatic heterocycles. The summed E-state index contributed by atoms with van der Waals surface area (Å²) in [6.45, 7) is 0. The number of hydrogen-bond acceptors (Lipinski definition) is 1. The first-order chi connectivity index (χ1) is 9.63. The van der Waals surface area contributed by atoms with Crippen LogP contribution in [0, 0.1) is 0 Å². The zero-order valence-corrected chi connectivity index (χ0v) is 9.66. The summed E-state index contributed by atoms with van der Waals surface area (Å²) in [6, 6.07) is 0. The Morgan fingerprint density at radius 2 is 0.826 bits per heavy atom. The predicted octanol–water partition coefficient (Wildman–Crippen LogP) is 4.92. The van der Waals surface area contributed by atoms with Crippen molar-refractivity contribution in [3.05, 3.63) is 0 Å². The maximum atomic E-state index is 12.7. The highest BCUT2D eigenvalue weighted by Crippen LogP contribution is 2.53. The number of ether oxygens (including phenoxy) is 1. The van der Waals surface area contributed by atoms with Gasteiger partial charge in [-0.1, -0.05) is 0 Å². The largest absolute Gasteiger partial charge is 0.460 e. The minimum absolute atomic E-state index is 1.60. The van der Waals surface area contributed by atoms with Crippen molar-refractivity contribution >= 4 is 0 Å². The van der Waals surface area contributed by atoms with Crippen molar-refractivity contribution in [2.24, 2.45) is 0 Å². The molecule has 0 saturated carbocycles. The fourth-order valence-corrected chi connectivity index (χ4v) is 0.842. The molecule has 0 bridgehead atoms. The number of hydrogen-bond donors (Lipinski definition) is 0. The Morgan fingerprint density at radius 3 is 1.04 bits per heavy atom. The van der Waals surface area contributed by atoms with Gasteiger partial charge in [0.2, 0.25) is 0 Å². The molecule has 0 fully saturated rings. The topological polar surface area (TPSA) is 9.23 Å². The van der Waals surface area contributed by atoms with Crippen LogP contribution in [0.4, 0.5) is 65.9 Å². The lowest BCUT2D eigenvalue weighted by Crippen LogP contribution is -2.62. The number of halogens is 15. The minimum atomic E-state index is -7.46. The Labute approximate surface area is 115 Å². The summed E-state index contributed by atoms with van der Waals surface area (Å²) >= 11 is 0. The van der Waals surface area contributed by atoms with Gasteiger partial charge in [-0.05, 0) is 0 Å². The summed E-state index contributed by atoms with van der Waals surface area (Å²) in [5, 5.41) is 0. The molecule has 0 aliphatic carbocycles. The van der Waals surface area contributed by atoms with E-state index >= 15 is 0 Å². The molecule has 1 nitrogen and oxygen atoms in total. The van der Waals surface area contributed by atoms with Gasteiger partial charge in [0, 0.05) is 0 Å². The molecule has 23 heavy (non-hydrogen) atoms. The molecule has 0 saturated heterocycles. The van der Waals surface area contributed by atoms with Gasteiger partial charge in [-0.25, -0.2) is 4.39 Å². The first kappa shape index (κ1) is 21.9. The molecule has 1 unspecified atom stereocenters. The molecule has 1 atom stereocenters. The molecule has 0 N–H and O–H groups in total. The van der Waals surface area contributed by atoms with Gasteiger partial charge < -0.3 is 0 Å². The van der Waals surface area contributed by atoms with E-state index in [-0.39, 0.29) is 0 Å². The maximum Gasteiger partial charge on any atom is 0.460 e. The van der Waals surface area contributed by atoms with Crippen LogP contribution in [0.25, 0.3) is 0 Å². The second-order valence-corrected chi connectivity index (χ2v) is 3.72. The van der Waals surface area contributed by atoms with Crippen LogP contribution in [0.15, 0.2) is 0 Å². The number of rotatable bonds is 4. The molecule has 0 aromatic rings. The minimum Gasteiger partial charge on any atom is -0.291 e. The van der Waals surface area contributed by atoms with Crippen LogP contribution in [0.5, 0.6) is 0 Å². The zero-order chi connectivity index (χ0) is 19.3. The SMILES string of the molecule is FC(OC(F)(C(F)(F)F)C(F)(F)F)C(F)(F)C(F)(F)C(F)(F)F. The van der Waals surface area contributed by atoms with Gasteiger partial charge in [0.05, 0.1) is 0 Å². The zero-order valence-electron chi connectivity index (χ0n) is 9.66. The molecule has 16 heteroatoms. The van der Waals surface area contributed by atoms with E-state index in [1.807, 2.05) is 0 Å². The van der Waals surface area contributed by atoms with E-state index < -0.39 is 42.6 Å². The highest BCUT2D eigenvalue weighted by molar-refractivity contribution is 4.95. The fourth-order valence-electron chi connectivity index (χ4n) is 0.842. The Balaban J connectivity index is 5.83. The summed E-state index contributed by atoms with van der Waals surface area (Å²) in [6.07, 6.45) is -27.9. The third-order valence-corrected chi connectivity index (χ3v) is 2.05. The summed E-state index contributed by atoms with van der Waals surface area (Å²) in [5.41, 5.74) is 0. The van der Waals surface area contributed by atoms with Gasteiger partial charge in [0.25, 0.3) is 6.36 Å². The van der Waals surface area contributed by atoms with E-state index in [4.69, 9.17) is 0 Å². The monoisotopic (exact) mass is 386 g/mol. The summed E-state index contributed by atoms with van der Waals surface area (Å²) in [5.74, 6) is -22.0. The Bertz CT molecular complexity index is 399. The third kappa shape index (κ3) is 3.55. The van der Waals surface area contributed by atoms with Crippen molar-refractivity contribution in [1.82, 2.24) is 0 Å². The molecule has 140 valence electrons. The van der Waals surface area contributed by atoms with Gasteiger partial charge in [-0.15, -0.1) is 0 Å². The van der Waals surface area contributed by atoms with Gasteiger partial charge >= 0.3 is 36.2 Å². The molecule has 0 heterocycles. The van der Waals surface area contributed by atoms with Crippen molar-refractivity contribution in [3.63, 3.8) is 0 Å². The standard InChI is InChI=1S/C7HF15O/c8-1(2(9,10)3(11,12)5(14,15)16)23-4(13,6(17,18)19)7(20,21)22/h1H. The normalized spacial score (nSPS) is 17.3. The van der Waals surface area contributed by atoms with Crippen LogP contribution >= 0.6 is 0 Å². The average Bonchev–Trinajstić information content (AvgIpc) is 2.23. The van der Waals surface area contributed by atoms with Crippen LogP contribution < -0.4 is 0 Å². The average molecular weight is 386 g/mol. The number of alkyl halides is 15. The van der Waals surface area contributed by atoms with Crippen LogP contribution in [0.1, 0.15) is 0 Å². The predicted molar refractivity (Wildman–Crippen MR) is 37.9 cm³/mol. The van der Waals surface area contributed by atoms with E-state index in [1.54, 1.807) is 4.74 Å². The maximum absolute atomic E-state index is 12.7. The third-order valence-electron chi connectivity index (χ3n) is 2.05. The highest BCUT2D eigenvalue weighted by Gasteiger charge is 2.81. The smallest absolute Gasteiger partial charge is 0.291 e. The van der Waals surface area contributed by atoms with Crippen molar-refractivity contribution < 1.29 is 70.6 Å². The summed E-state index contributed by atoms with van der Waals surface area (Å²) in [7, 11) is 0. The Morgan fingerprint density at radius 1 is 0.522 bits per heavy atom. The first-order valence-corrected chi connectivity index (χ1v) is 4.59. The van der Waals surface area contributed by atoms with Crippen molar-refractivity contribution in [1.29, 1.82) is 0 Å². The summed E-state index contributed by atoms with van der Waals surface area (Å²) < 4.78 is 182. The van der Waals surface area contributed by atoms with E-state index in [1.165, 1.54) is 0 Å². The second kappa shape index (κ2) is 5.47. The Hall–Kier alpha value is -1.09. The summed E-state index contributed by atoms with van der Waals surface area (Å²) in [4.78, 5) is 0. The van der Waals surface area contributed by atoms with Crippen LogP contribution in [0.2, 0.25) is 0 Å². The molecule has 0 radical (unpaired) electrons. The lowest BCUT2D eigenvalue weighted by Gasteiger charge is -2.35. The van der Waals surface area contributed by atoms with E-state index in [0.29, 0.717) is 0 Å². The fraction of sp³-hybridized carbons (Fsp3) is 1.00. The van der Waals surface area contributed by atoms with Gasteiger partial charge in [0.15, 0.2) is 0 Å². The van der Waals surface area contributed by atoms with E-state index in [0.717, 1.165) is 0 Å². The van der Waals surface area contributed by atoms with E-state index in [2.05, 4.69) is 0 Å². The second-order valence-electron chi connectivity index (χ2n) is 3.72. The van der Waals surface area contributed by atoms with Crippen LogP contribution in [-0.2, 0) is 4.74 Å². The van der Waals surface area contributed by atoms with E-state index in [9.17, 15) is 65.9 Å². The van der Waals surface area contributed by atoms with Gasteiger partial charge in [-0.3, -0.25) is 4.74 Å². The molecule has 0 aliphatic heterocycles. The molecule has 0 amide bonds. The quantitative estimate of drug-likeness (QED) is 0.624. The van der Waals surface area contributed by atoms with Crippen molar-refractivity contribution in [2.45, 2.75) is 42.6 Å². The molecular weight excluding hydrogens is 385 g/mol. The van der Waals surface area contributed by atoms with Gasteiger partial charge in [0.1, 0.15) is 0 Å². The lowest BCUT2D eigenvalue weighted by atomic mass is 10.1. The van der Waals surface area contributed by atoms with Crippen molar-refractivity contribution in [3.8, 4) is 0 Å². The molecular formula is C7HF15O.